The van der Waals surface area contributed by atoms with Crippen LogP contribution in [0.1, 0.15) is 40.2 Å². The third kappa shape index (κ3) is 1.15. The molecule has 1 aromatic heterocycles. The molecule has 1 aliphatic rings. The van der Waals surface area contributed by atoms with E-state index in [1.807, 2.05) is 13.8 Å². The fourth-order valence-corrected chi connectivity index (χ4v) is 2.46. The molecule has 0 saturated heterocycles. The molecule has 3 heteroatoms. The Labute approximate surface area is 83.4 Å². The molecule has 0 unspecified atom stereocenters. The lowest BCUT2D eigenvalue weighted by molar-refractivity contribution is 0.0695. The Bertz CT molecular complexity index is 361. The molecule has 1 N–H and O–H groups in total. The zero-order chi connectivity index (χ0) is 10.3. The van der Waals surface area contributed by atoms with Crippen LogP contribution in [-0.4, -0.2) is 15.6 Å². The SMILES string of the molecule is Cc1c(C(=O)O)c(C)n2c1CCCC2. The second-order valence-corrected chi connectivity index (χ2v) is 3.95. The smallest absolute Gasteiger partial charge is 0.337 e. The number of carboxylic acid groups (broad SMARTS) is 1. The van der Waals surface area contributed by atoms with E-state index in [2.05, 4.69) is 4.57 Å². The van der Waals surface area contributed by atoms with Crippen molar-refractivity contribution in [3.63, 3.8) is 0 Å². The van der Waals surface area contributed by atoms with Crippen molar-refractivity contribution >= 4 is 5.97 Å². The van der Waals surface area contributed by atoms with E-state index in [0.29, 0.717) is 5.56 Å². The summed E-state index contributed by atoms with van der Waals surface area (Å²) in [5, 5.41) is 9.08. The molecule has 0 amide bonds. The molecule has 0 radical (unpaired) electrons. The third-order valence-corrected chi connectivity index (χ3v) is 3.16. The van der Waals surface area contributed by atoms with Gasteiger partial charge in [0.2, 0.25) is 0 Å². The summed E-state index contributed by atoms with van der Waals surface area (Å²) in [6.07, 6.45) is 3.38. The molecule has 3 nitrogen and oxygen atoms in total. The van der Waals surface area contributed by atoms with Crippen LogP contribution in [0.2, 0.25) is 0 Å². The Balaban J connectivity index is 2.63. The summed E-state index contributed by atoms with van der Waals surface area (Å²) in [4.78, 5) is 11.0. The summed E-state index contributed by atoms with van der Waals surface area (Å²) < 4.78 is 2.17. The maximum absolute atomic E-state index is 11.0. The van der Waals surface area contributed by atoms with Crippen molar-refractivity contribution in [2.24, 2.45) is 0 Å². The van der Waals surface area contributed by atoms with Crippen LogP contribution in [0.4, 0.5) is 0 Å². The molecule has 76 valence electrons. The Hall–Kier alpha value is -1.25. The Kier molecular flexibility index (Phi) is 2.10. The molecule has 2 rings (SSSR count). The summed E-state index contributed by atoms with van der Waals surface area (Å²) in [7, 11) is 0. The molecule has 0 atom stereocenters. The van der Waals surface area contributed by atoms with E-state index in [-0.39, 0.29) is 0 Å². The summed E-state index contributed by atoms with van der Waals surface area (Å²) in [5.41, 5.74) is 3.63. The number of aromatic carboxylic acids is 1. The summed E-state index contributed by atoms with van der Waals surface area (Å²) >= 11 is 0. The molecule has 0 fully saturated rings. The number of carboxylic acids is 1. The lowest BCUT2D eigenvalue weighted by atomic mass is 10.1. The molecular weight excluding hydrogens is 178 g/mol. The van der Waals surface area contributed by atoms with E-state index < -0.39 is 5.97 Å². The van der Waals surface area contributed by atoms with Crippen LogP contribution < -0.4 is 0 Å². The van der Waals surface area contributed by atoms with Gasteiger partial charge in [0.25, 0.3) is 0 Å². The minimum absolute atomic E-state index is 0.516. The predicted octanol–water partition coefficient (Wildman–Crippen LogP) is 2.14. The first kappa shape index (κ1) is 9.31. The first-order chi connectivity index (χ1) is 6.63. The van der Waals surface area contributed by atoms with Gasteiger partial charge in [0.05, 0.1) is 5.56 Å². The molecule has 0 bridgehead atoms. The van der Waals surface area contributed by atoms with Crippen LogP contribution in [0, 0.1) is 13.8 Å². The van der Waals surface area contributed by atoms with E-state index in [0.717, 1.165) is 24.2 Å². The average Bonchev–Trinajstić information content (AvgIpc) is 2.41. The van der Waals surface area contributed by atoms with E-state index in [1.54, 1.807) is 0 Å². The van der Waals surface area contributed by atoms with Gasteiger partial charge in [-0.25, -0.2) is 4.79 Å². The lowest BCUT2D eigenvalue weighted by Crippen LogP contribution is -2.11. The fraction of sp³-hybridized carbons (Fsp3) is 0.545. The zero-order valence-corrected chi connectivity index (χ0v) is 8.63. The molecule has 0 aromatic carbocycles. The van der Waals surface area contributed by atoms with Crippen molar-refractivity contribution in [1.29, 1.82) is 0 Å². The van der Waals surface area contributed by atoms with Crippen molar-refractivity contribution in [3.05, 3.63) is 22.5 Å². The first-order valence-corrected chi connectivity index (χ1v) is 5.04. The van der Waals surface area contributed by atoms with Crippen LogP contribution in [0.5, 0.6) is 0 Å². The second kappa shape index (κ2) is 3.15. The highest BCUT2D eigenvalue weighted by Gasteiger charge is 2.23. The van der Waals surface area contributed by atoms with Gasteiger partial charge < -0.3 is 9.67 Å². The van der Waals surface area contributed by atoms with Gasteiger partial charge in [-0.1, -0.05) is 0 Å². The number of fused-ring (bicyclic) bond motifs is 1. The van der Waals surface area contributed by atoms with Gasteiger partial charge >= 0.3 is 5.97 Å². The van der Waals surface area contributed by atoms with Crippen LogP contribution in [0.15, 0.2) is 0 Å². The van der Waals surface area contributed by atoms with Gasteiger partial charge in [-0.2, -0.15) is 0 Å². The minimum atomic E-state index is -0.790. The monoisotopic (exact) mass is 193 g/mol. The van der Waals surface area contributed by atoms with Crippen molar-refractivity contribution in [3.8, 4) is 0 Å². The second-order valence-electron chi connectivity index (χ2n) is 3.95. The minimum Gasteiger partial charge on any atom is -0.478 e. The number of hydrogen-bond acceptors (Lipinski definition) is 1. The molecule has 14 heavy (non-hydrogen) atoms. The Morgan fingerprint density at radius 3 is 2.64 bits per heavy atom. The zero-order valence-electron chi connectivity index (χ0n) is 8.63. The van der Waals surface area contributed by atoms with Gasteiger partial charge in [0, 0.05) is 17.9 Å². The van der Waals surface area contributed by atoms with Crippen LogP contribution in [0.25, 0.3) is 0 Å². The highest BCUT2D eigenvalue weighted by Crippen LogP contribution is 2.27. The van der Waals surface area contributed by atoms with Crippen molar-refractivity contribution in [2.75, 3.05) is 0 Å². The topological polar surface area (TPSA) is 42.2 Å². The van der Waals surface area contributed by atoms with Gasteiger partial charge in [0.1, 0.15) is 0 Å². The van der Waals surface area contributed by atoms with Crippen LogP contribution in [-0.2, 0) is 13.0 Å². The van der Waals surface area contributed by atoms with Crippen molar-refractivity contribution in [1.82, 2.24) is 4.57 Å². The lowest BCUT2D eigenvalue weighted by Gasteiger charge is -2.17. The normalized spacial score (nSPS) is 15.3. The molecule has 1 aromatic rings. The molecule has 1 aliphatic heterocycles. The van der Waals surface area contributed by atoms with Crippen molar-refractivity contribution in [2.45, 2.75) is 39.7 Å². The highest BCUT2D eigenvalue weighted by molar-refractivity contribution is 5.91. The highest BCUT2D eigenvalue weighted by atomic mass is 16.4. The number of carbonyl (C=O) groups is 1. The number of aromatic nitrogens is 1. The fourth-order valence-electron chi connectivity index (χ4n) is 2.46. The van der Waals surface area contributed by atoms with Gasteiger partial charge in [0.15, 0.2) is 0 Å². The largest absolute Gasteiger partial charge is 0.478 e. The summed E-state index contributed by atoms with van der Waals surface area (Å²) in [5.74, 6) is -0.790. The first-order valence-electron chi connectivity index (χ1n) is 5.04. The molecule has 0 saturated carbocycles. The van der Waals surface area contributed by atoms with E-state index in [1.165, 1.54) is 18.5 Å². The summed E-state index contributed by atoms with van der Waals surface area (Å²) in [6.45, 7) is 4.81. The number of nitrogens with zero attached hydrogens (tertiary/aromatic N) is 1. The Morgan fingerprint density at radius 2 is 2.07 bits per heavy atom. The van der Waals surface area contributed by atoms with Gasteiger partial charge in [-0.05, 0) is 38.7 Å². The van der Waals surface area contributed by atoms with E-state index in [4.69, 9.17) is 5.11 Å². The standard InChI is InChI=1S/C11H15NO2/c1-7-9-5-3-4-6-12(9)8(2)10(7)11(13)14/h3-6H2,1-2H3,(H,13,14). The van der Waals surface area contributed by atoms with Gasteiger partial charge in [-0.15, -0.1) is 0 Å². The van der Waals surface area contributed by atoms with Gasteiger partial charge in [-0.3, -0.25) is 0 Å². The summed E-state index contributed by atoms with van der Waals surface area (Å²) in [6, 6.07) is 0. The van der Waals surface area contributed by atoms with E-state index in [9.17, 15) is 4.79 Å². The number of hydrogen-bond donors (Lipinski definition) is 1. The van der Waals surface area contributed by atoms with E-state index >= 15 is 0 Å². The van der Waals surface area contributed by atoms with Crippen LogP contribution >= 0.6 is 0 Å². The third-order valence-electron chi connectivity index (χ3n) is 3.16. The molecule has 0 aliphatic carbocycles. The molecule has 0 spiro atoms. The predicted molar refractivity (Wildman–Crippen MR) is 53.8 cm³/mol. The maximum Gasteiger partial charge on any atom is 0.337 e. The maximum atomic E-state index is 11.0. The Morgan fingerprint density at radius 1 is 1.36 bits per heavy atom. The van der Waals surface area contributed by atoms with Crippen LogP contribution in [0.3, 0.4) is 0 Å². The average molecular weight is 193 g/mol. The number of rotatable bonds is 1. The molecule has 2 heterocycles. The quantitative estimate of drug-likeness (QED) is 0.742. The van der Waals surface area contributed by atoms with Crippen molar-refractivity contribution < 1.29 is 9.90 Å². The molecular formula is C11H15NO2.